The fraction of sp³-hybridized carbons (Fsp3) is 0.600. The van der Waals surface area contributed by atoms with Crippen molar-refractivity contribution in [2.45, 2.75) is 85.7 Å². The zero-order valence-corrected chi connectivity index (χ0v) is 29.1. The summed E-state index contributed by atoms with van der Waals surface area (Å²) in [6.07, 6.45) is 5.22. The Morgan fingerprint density at radius 1 is 1.07 bits per heavy atom. The number of hydrogen-bond acceptors (Lipinski definition) is 9. The SMILES string of the molecule is CC/C=C1/CCCN=C1NN(CC)C[C@@H](CC(=O)OC)c1cc(N2CCN(C(=O)OC(C)(C)C)CC2)cc(-n2nc(C)cc2C)c1. The number of aliphatic imine (C=N–C) groups is 1. The van der Waals surface area contributed by atoms with Crippen molar-refractivity contribution in [1.29, 1.82) is 0 Å². The number of likely N-dealkylation sites (N-methyl/N-ethyl adjacent to an activating group) is 1. The Kier molecular flexibility index (Phi) is 11.9. The molecule has 2 aliphatic heterocycles. The Labute approximate surface area is 274 Å². The van der Waals surface area contributed by atoms with E-state index >= 15 is 0 Å². The molecule has 46 heavy (non-hydrogen) atoms. The highest BCUT2D eigenvalue weighted by molar-refractivity contribution is 5.98. The first-order chi connectivity index (χ1) is 21.9. The summed E-state index contributed by atoms with van der Waals surface area (Å²) in [4.78, 5) is 34.4. The molecule has 0 radical (unpaired) electrons. The number of anilines is 1. The summed E-state index contributed by atoms with van der Waals surface area (Å²) in [7, 11) is 1.44. The lowest BCUT2D eigenvalue weighted by atomic mass is 9.93. The Bertz CT molecular complexity index is 1420. The predicted octanol–water partition coefficient (Wildman–Crippen LogP) is 5.55. The molecule has 1 atom stereocenters. The fourth-order valence-electron chi connectivity index (χ4n) is 6.00. The molecule has 2 aliphatic rings. The van der Waals surface area contributed by atoms with Gasteiger partial charge in [0, 0.05) is 63.1 Å². The smallest absolute Gasteiger partial charge is 0.410 e. The molecule has 0 saturated carbocycles. The van der Waals surface area contributed by atoms with Crippen molar-refractivity contribution in [3.63, 3.8) is 0 Å². The van der Waals surface area contributed by atoms with Crippen molar-refractivity contribution in [3.8, 4) is 5.69 Å². The summed E-state index contributed by atoms with van der Waals surface area (Å²) >= 11 is 0. The van der Waals surface area contributed by atoms with E-state index in [1.807, 2.05) is 39.3 Å². The minimum absolute atomic E-state index is 0.165. The van der Waals surface area contributed by atoms with Crippen LogP contribution in [0.25, 0.3) is 5.69 Å². The minimum atomic E-state index is -0.537. The number of piperazine rings is 1. The third-order valence-electron chi connectivity index (χ3n) is 8.30. The molecule has 252 valence electrons. The molecule has 2 aromatic rings. The van der Waals surface area contributed by atoms with Gasteiger partial charge < -0.3 is 24.7 Å². The molecule has 1 amide bonds. The van der Waals surface area contributed by atoms with Gasteiger partial charge >= 0.3 is 12.1 Å². The Hall–Kier alpha value is -3.86. The van der Waals surface area contributed by atoms with Crippen LogP contribution in [-0.2, 0) is 14.3 Å². The Balaban J connectivity index is 1.66. The van der Waals surface area contributed by atoms with Crippen molar-refractivity contribution in [2.24, 2.45) is 4.99 Å². The second-order valence-electron chi connectivity index (χ2n) is 13.2. The highest BCUT2D eigenvalue weighted by Gasteiger charge is 2.28. The summed E-state index contributed by atoms with van der Waals surface area (Å²) in [5.41, 5.74) is 9.25. The zero-order valence-electron chi connectivity index (χ0n) is 29.1. The van der Waals surface area contributed by atoms with Crippen LogP contribution in [0, 0.1) is 13.8 Å². The van der Waals surface area contributed by atoms with Crippen LogP contribution < -0.4 is 10.3 Å². The van der Waals surface area contributed by atoms with E-state index in [0.717, 1.165) is 66.5 Å². The van der Waals surface area contributed by atoms with Crippen LogP contribution in [0.2, 0.25) is 0 Å². The summed E-state index contributed by atoms with van der Waals surface area (Å²) in [5.74, 6) is 0.500. The lowest BCUT2D eigenvalue weighted by molar-refractivity contribution is -0.141. The number of amides is 1. The second kappa shape index (κ2) is 15.6. The number of amidine groups is 1. The molecule has 4 rings (SSSR count). The highest BCUT2D eigenvalue weighted by atomic mass is 16.6. The molecular weight excluding hydrogens is 582 g/mol. The number of esters is 1. The number of allylic oxidation sites excluding steroid dienone is 1. The molecule has 11 heteroatoms. The van der Waals surface area contributed by atoms with E-state index in [1.54, 1.807) is 4.90 Å². The number of hydrazine groups is 1. The van der Waals surface area contributed by atoms with Crippen LogP contribution in [0.15, 0.2) is 40.9 Å². The molecule has 0 aliphatic carbocycles. The fourth-order valence-corrected chi connectivity index (χ4v) is 6.00. The topological polar surface area (TPSA) is 105 Å². The average Bonchev–Trinajstić information content (AvgIpc) is 3.37. The molecule has 1 saturated heterocycles. The first-order valence-corrected chi connectivity index (χ1v) is 16.6. The quantitative estimate of drug-likeness (QED) is 0.268. The van der Waals surface area contributed by atoms with E-state index in [9.17, 15) is 9.59 Å². The number of ether oxygens (including phenoxy) is 2. The van der Waals surface area contributed by atoms with Crippen molar-refractivity contribution < 1.29 is 19.1 Å². The first kappa shape index (κ1) is 35.0. The standard InChI is InChI=1S/C35H53N7O4/c1-9-12-27-13-11-14-36-33(27)38-41(10-2)24-29(22-32(43)45-8)28-20-30(23-31(21-28)42-26(4)19-25(3)37-42)39-15-17-40(18-16-39)34(44)46-35(5,6)7/h12,19-21,23,29H,9-11,13-18,22,24H2,1-8H3,(H,36,38)/b27-12-/t29-/m1/s1. The van der Waals surface area contributed by atoms with Gasteiger partial charge in [-0.05, 0) is 89.3 Å². The van der Waals surface area contributed by atoms with Crippen molar-refractivity contribution in [2.75, 3.05) is 57.8 Å². The van der Waals surface area contributed by atoms with E-state index in [2.05, 4.69) is 59.5 Å². The molecule has 0 unspecified atom stereocenters. The summed E-state index contributed by atoms with van der Waals surface area (Å²) < 4.78 is 12.8. The molecule has 1 fully saturated rings. The molecule has 0 spiro atoms. The molecule has 1 aromatic heterocycles. The number of benzene rings is 1. The molecular formula is C35H53N7O4. The Morgan fingerprint density at radius 3 is 2.39 bits per heavy atom. The lowest BCUT2D eigenvalue weighted by Gasteiger charge is -2.37. The third kappa shape index (κ3) is 9.34. The maximum Gasteiger partial charge on any atom is 0.410 e. The van der Waals surface area contributed by atoms with E-state index in [4.69, 9.17) is 19.6 Å². The molecule has 1 aromatic carbocycles. The number of carbonyl (C=O) groups is 2. The van der Waals surface area contributed by atoms with Crippen molar-refractivity contribution >= 4 is 23.6 Å². The predicted molar refractivity (Wildman–Crippen MR) is 183 cm³/mol. The summed E-state index contributed by atoms with van der Waals surface area (Å²) in [6.45, 7) is 18.5. The van der Waals surface area contributed by atoms with Gasteiger partial charge in [0.05, 0.1) is 24.9 Å². The van der Waals surface area contributed by atoms with Gasteiger partial charge in [0.25, 0.3) is 0 Å². The van der Waals surface area contributed by atoms with Gasteiger partial charge in [0.2, 0.25) is 0 Å². The van der Waals surface area contributed by atoms with Crippen LogP contribution in [0.4, 0.5) is 10.5 Å². The largest absolute Gasteiger partial charge is 0.469 e. The normalized spacial score (nSPS) is 17.2. The van der Waals surface area contributed by atoms with E-state index < -0.39 is 5.60 Å². The maximum atomic E-state index is 12.8. The number of hydrogen-bond donors (Lipinski definition) is 1. The van der Waals surface area contributed by atoms with Crippen LogP contribution in [0.1, 0.15) is 83.2 Å². The summed E-state index contributed by atoms with van der Waals surface area (Å²) in [6, 6.07) is 8.53. The van der Waals surface area contributed by atoms with E-state index in [-0.39, 0.29) is 24.4 Å². The number of rotatable bonds is 10. The van der Waals surface area contributed by atoms with Crippen molar-refractivity contribution in [3.05, 3.63) is 52.9 Å². The van der Waals surface area contributed by atoms with E-state index in [1.165, 1.54) is 12.7 Å². The van der Waals surface area contributed by atoms with Gasteiger partial charge in [-0.1, -0.05) is 19.9 Å². The van der Waals surface area contributed by atoms with Crippen LogP contribution >= 0.6 is 0 Å². The van der Waals surface area contributed by atoms with Gasteiger partial charge in [0.1, 0.15) is 11.4 Å². The second-order valence-corrected chi connectivity index (χ2v) is 13.2. The van der Waals surface area contributed by atoms with Crippen molar-refractivity contribution in [1.82, 2.24) is 25.1 Å². The monoisotopic (exact) mass is 635 g/mol. The van der Waals surface area contributed by atoms with Crippen LogP contribution in [-0.4, -0.2) is 96.1 Å². The maximum absolute atomic E-state index is 12.8. The molecule has 11 nitrogen and oxygen atoms in total. The number of nitrogens with zero attached hydrogens (tertiary/aromatic N) is 6. The lowest BCUT2D eigenvalue weighted by Crippen LogP contribution is -2.50. The Morgan fingerprint density at radius 2 is 1.78 bits per heavy atom. The molecule has 0 bridgehead atoms. The number of aryl methyl sites for hydroxylation is 2. The van der Waals surface area contributed by atoms with Gasteiger partial charge in [-0.3, -0.25) is 9.79 Å². The van der Waals surface area contributed by atoms with Gasteiger partial charge in [-0.15, -0.1) is 0 Å². The molecule has 1 N–H and O–H groups in total. The number of carbonyl (C=O) groups excluding carboxylic acids is 2. The van der Waals surface area contributed by atoms with Gasteiger partial charge in [0.15, 0.2) is 0 Å². The van der Waals surface area contributed by atoms with Gasteiger partial charge in [-0.25, -0.2) is 14.5 Å². The van der Waals surface area contributed by atoms with E-state index in [0.29, 0.717) is 32.7 Å². The highest BCUT2D eigenvalue weighted by Crippen LogP contribution is 2.31. The minimum Gasteiger partial charge on any atom is -0.469 e. The van der Waals surface area contributed by atoms with Gasteiger partial charge in [-0.2, -0.15) is 5.10 Å². The van der Waals surface area contributed by atoms with Crippen LogP contribution in [0.3, 0.4) is 0 Å². The number of aromatic nitrogens is 2. The first-order valence-electron chi connectivity index (χ1n) is 16.6. The third-order valence-corrected chi connectivity index (χ3v) is 8.30. The average molecular weight is 636 g/mol. The summed E-state index contributed by atoms with van der Waals surface area (Å²) in [5, 5.41) is 6.94. The zero-order chi connectivity index (χ0) is 33.4. The number of nitrogens with one attached hydrogen (secondary N) is 1. The molecule has 3 heterocycles. The van der Waals surface area contributed by atoms with Crippen LogP contribution in [0.5, 0.6) is 0 Å². The number of methoxy groups -OCH3 is 1.